The first-order chi connectivity index (χ1) is 14.5. The highest BCUT2D eigenvalue weighted by atomic mass is 35.5. The number of rotatable bonds is 9. The molecule has 6 nitrogen and oxygen atoms in total. The molecule has 30 heavy (non-hydrogen) atoms. The Balaban J connectivity index is 1.45. The van der Waals surface area contributed by atoms with E-state index in [2.05, 4.69) is 20.7 Å². The van der Waals surface area contributed by atoms with Gasteiger partial charge in [0.2, 0.25) is 0 Å². The maximum absolute atomic E-state index is 12.1. The van der Waals surface area contributed by atoms with Crippen molar-refractivity contribution in [1.29, 1.82) is 0 Å². The summed E-state index contributed by atoms with van der Waals surface area (Å²) in [5, 5.41) is 13.2. The predicted molar refractivity (Wildman–Crippen MR) is 125 cm³/mol. The molecule has 0 aliphatic carbocycles. The van der Waals surface area contributed by atoms with Crippen molar-refractivity contribution >= 4 is 58.1 Å². The molecule has 1 aromatic heterocycles. The monoisotopic (exact) mass is 478 g/mol. The number of benzene rings is 2. The van der Waals surface area contributed by atoms with Crippen LogP contribution in [0.4, 0.5) is 0 Å². The van der Waals surface area contributed by atoms with Crippen LogP contribution < -0.4 is 10.2 Å². The van der Waals surface area contributed by atoms with Crippen molar-refractivity contribution in [3.8, 4) is 5.75 Å². The first-order valence-corrected chi connectivity index (χ1v) is 12.0. The van der Waals surface area contributed by atoms with Crippen LogP contribution in [0.3, 0.4) is 0 Å². The molecule has 0 aliphatic rings. The number of ether oxygens (including phenoxy) is 1. The molecule has 3 rings (SSSR count). The van der Waals surface area contributed by atoms with Crippen molar-refractivity contribution in [1.82, 2.24) is 15.6 Å². The number of hydrazone groups is 1. The first kappa shape index (κ1) is 22.6. The predicted octanol–water partition coefficient (Wildman–Crippen LogP) is 5.12. The van der Waals surface area contributed by atoms with Crippen molar-refractivity contribution in [3.05, 3.63) is 64.7 Å². The molecule has 10 heteroatoms. The Labute approximate surface area is 192 Å². The molecule has 0 unspecified atom stereocenters. The zero-order chi connectivity index (χ0) is 21.3. The summed E-state index contributed by atoms with van der Waals surface area (Å²) in [5.74, 6) is 1.50. The van der Waals surface area contributed by atoms with Gasteiger partial charge in [-0.05, 0) is 48.4 Å². The molecule has 3 aromatic rings. The van der Waals surface area contributed by atoms with E-state index < -0.39 is 0 Å². The fourth-order valence-corrected chi connectivity index (χ4v) is 5.37. The van der Waals surface area contributed by atoms with E-state index in [1.165, 1.54) is 23.1 Å². The van der Waals surface area contributed by atoms with Gasteiger partial charge in [-0.3, -0.25) is 4.79 Å². The highest BCUT2D eigenvalue weighted by Crippen LogP contribution is 2.32. The van der Waals surface area contributed by atoms with Crippen LogP contribution in [0.25, 0.3) is 0 Å². The molecule has 0 spiro atoms. The van der Waals surface area contributed by atoms with Crippen LogP contribution in [0.5, 0.6) is 5.75 Å². The largest absolute Gasteiger partial charge is 0.497 e. The lowest BCUT2D eigenvalue weighted by molar-refractivity contribution is -0.118. The second kappa shape index (κ2) is 11.4. The molecule has 0 saturated heterocycles. The average molecular weight is 479 g/mol. The number of hydrogen-bond acceptors (Lipinski definition) is 8. The Morgan fingerprint density at radius 1 is 1.13 bits per heavy atom. The summed E-state index contributed by atoms with van der Waals surface area (Å²) in [6.45, 7) is 1.84. The van der Waals surface area contributed by atoms with E-state index in [1.807, 2.05) is 55.5 Å². The lowest BCUT2D eigenvalue weighted by atomic mass is 10.1. The maximum atomic E-state index is 12.1. The fourth-order valence-electron chi connectivity index (χ4n) is 2.27. The van der Waals surface area contributed by atoms with Gasteiger partial charge in [-0.1, -0.05) is 64.7 Å². The van der Waals surface area contributed by atoms with E-state index in [0.29, 0.717) is 5.71 Å². The normalized spacial score (nSPS) is 11.4. The van der Waals surface area contributed by atoms with E-state index in [4.69, 9.17) is 16.3 Å². The minimum absolute atomic E-state index is 0.201. The fraction of sp³-hybridized carbons (Fsp3) is 0.200. The van der Waals surface area contributed by atoms with Gasteiger partial charge in [0.1, 0.15) is 5.75 Å². The molecule has 0 radical (unpaired) electrons. The van der Waals surface area contributed by atoms with Crippen molar-refractivity contribution in [3.63, 3.8) is 0 Å². The maximum Gasteiger partial charge on any atom is 0.250 e. The van der Waals surface area contributed by atoms with E-state index in [-0.39, 0.29) is 11.7 Å². The van der Waals surface area contributed by atoms with Gasteiger partial charge in [-0.25, -0.2) is 5.43 Å². The molecule has 1 N–H and O–H groups in total. The summed E-state index contributed by atoms with van der Waals surface area (Å²) in [4.78, 5) is 12.1. The van der Waals surface area contributed by atoms with E-state index in [1.54, 1.807) is 18.9 Å². The van der Waals surface area contributed by atoms with Crippen LogP contribution in [0.15, 0.2) is 62.3 Å². The van der Waals surface area contributed by atoms with Crippen LogP contribution in [0.1, 0.15) is 18.1 Å². The zero-order valence-corrected chi connectivity index (χ0v) is 19.5. The second-order valence-corrected chi connectivity index (χ2v) is 9.79. The van der Waals surface area contributed by atoms with Gasteiger partial charge in [0.05, 0.1) is 18.6 Å². The molecule has 0 saturated carbocycles. The van der Waals surface area contributed by atoms with Crippen LogP contribution >= 0.6 is 46.5 Å². The first-order valence-electron chi connectivity index (χ1n) is 8.85. The van der Waals surface area contributed by atoms with E-state index in [9.17, 15) is 4.79 Å². The lowest BCUT2D eigenvalue weighted by Gasteiger charge is -2.04. The molecule has 2 aromatic carbocycles. The molecule has 156 valence electrons. The Hall–Kier alpha value is -2.07. The quantitative estimate of drug-likeness (QED) is 0.261. The molecular formula is C20H19ClN4O2S3. The summed E-state index contributed by atoms with van der Waals surface area (Å²) in [6, 6.07) is 15.2. The van der Waals surface area contributed by atoms with Crippen molar-refractivity contribution < 1.29 is 9.53 Å². The van der Waals surface area contributed by atoms with Gasteiger partial charge in [-0.15, -0.1) is 10.2 Å². The van der Waals surface area contributed by atoms with Crippen molar-refractivity contribution in [2.75, 3.05) is 12.9 Å². The third-order valence-electron chi connectivity index (χ3n) is 3.88. The molecule has 0 fully saturated rings. The van der Waals surface area contributed by atoms with Gasteiger partial charge in [0.15, 0.2) is 8.68 Å². The Morgan fingerprint density at radius 2 is 1.83 bits per heavy atom. The Morgan fingerprint density at radius 3 is 2.53 bits per heavy atom. The van der Waals surface area contributed by atoms with E-state index >= 15 is 0 Å². The Bertz CT molecular complexity index is 1020. The van der Waals surface area contributed by atoms with Crippen LogP contribution in [0, 0.1) is 0 Å². The summed E-state index contributed by atoms with van der Waals surface area (Å²) in [5.41, 5.74) is 5.25. The van der Waals surface area contributed by atoms with Gasteiger partial charge < -0.3 is 4.74 Å². The molecule has 1 heterocycles. The second-order valence-electron chi connectivity index (χ2n) is 5.96. The summed E-state index contributed by atoms with van der Waals surface area (Å²) in [7, 11) is 1.62. The third kappa shape index (κ3) is 6.73. The van der Waals surface area contributed by atoms with E-state index in [0.717, 1.165) is 36.3 Å². The SMILES string of the molecule is COc1ccc(C(C)=NNC(=O)CSc2nnc(SCc3ccccc3Cl)s2)cc1. The van der Waals surface area contributed by atoms with Gasteiger partial charge in [0.25, 0.3) is 5.91 Å². The number of amides is 1. The summed E-state index contributed by atoms with van der Waals surface area (Å²) in [6.07, 6.45) is 0. The number of hydrogen-bond donors (Lipinski definition) is 1. The van der Waals surface area contributed by atoms with Crippen LogP contribution in [0.2, 0.25) is 5.02 Å². The average Bonchev–Trinajstić information content (AvgIpc) is 3.23. The van der Waals surface area contributed by atoms with Crippen LogP contribution in [-0.2, 0) is 10.5 Å². The van der Waals surface area contributed by atoms with Crippen molar-refractivity contribution in [2.24, 2.45) is 5.10 Å². The van der Waals surface area contributed by atoms with Gasteiger partial charge >= 0.3 is 0 Å². The molecule has 0 aliphatic heterocycles. The number of halogens is 1. The third-order valence-corrected chi connectivity index (χ3v) is 7.49. The number of carbonyl (C=O) groups excluding carboxylic acids is 1. The summed E-state index contributed by atoms with van der Waals surface area (Å²) < 4.78 is 6.71. The molecule has 0 atom stereocenters. The minimum Gasteiger partial charge on any atom is -0.497 e. The molecule has 1 amide bonds. The number of aromatic nitrogens is 2. The highest BCUT2D eigenvalue weighted by molar-refractivity contribution is 8.03. The number of nitrogens with zero attached hydrogens (tertiary/aromatic N) is 3. The number of nitrogens with one attached hydrogen (secondary N) is 1. The number of carbonyl (C=O) groups is 1. The summed E-state index contributed by atoms with van der Waals surface area (Å²) >= 11 is 10.5. The van der Waals surface area contributed by atoms with Gasteiger partial charge in [-0.2, -0.15) is 5.10 Å². The standard InChI is InChI=1S/C20H19ClN4O2S3/c1-13(14-7-9-16(27-2)10-8-14)22-23-18(26)12-29-20-25-24-19(30-20)28-11-15-5-3-4-6-17(15)21/h3-10H,11-12H2,1-2H3,(H,23,26). The van der Waals surface area contributed by atoms with Gasteiger partial charge in [0, 0.05) is 10.8 Å². The smallest absolute Gasteiger partial charge is 0.250 e. The van der Waals surface area contributed by atoms with Crippen molar-refractivity contribution in [2.45, 2.75) is 21.4 Å². The number of thioether (sulfide) groups is 2. The minimum atomic E-state index is -0.201. The Kier molecular flexibility index (Phi) is 8.56. The lowest BCUT2D eigenvalue weighted by Crippen LogP contribution is -2.21. The number of methoxy groups -OCH3 is 1. The highest BCUT2D eigenvalue weighted by Gasteiger charge is 2.10. The zero-order valence-electron chi connectivity index (χ0n) is 16.3. The van der Waals surface area contributed by atoms with Crippen LogP contribution in [-0.4, -0.2) is 34.7 Å². The topological polar surface area (TPSA) is 76.5 Å². The molecule has 0 bridgehead atoms. The molecular weight excluding hydrogens is 460 g/mol.